The first-order chi connectivity index (χ1) is 12.0. The molecule has 1 aromatic heterocycles. The average Bonchev–Trinajstić information content (AvgIpc) is 3.00. The molecule has 0 spiro atoms. The average molecular weight is 341 g/mol. The Hall–Kier alpha value is -2.76. The van der Waals surface area contributed by atoms with E-state index in [4.69, 9.17) is 9.47 Å². The second kappa shape index (κ2) is 7.01. The number of carbonyl (C=O) groups excluding carboxylic acids is 1. The normalized spacial score (nSPS) is 13.8. The van der Waals surface area contributed by atoms with E-state index in [-0.39, 0.29) is 6.09 Å². The lowest BCUT2D eigenvalue weighted by Gasteiger charge is -2.19. The number of ether oxygens (including phenoxy) is 2. The summed E-state index contributed by atoms with van der Waals surface area (Å²) in [5, 5.41) is 3.44. The SMILES string of the molecule is COc1nc(C)cc(C)c1CNc1cccc(N2CCOC2=O)c1C. The van der Waals surface area contributed by atoms with E-state index < -0.39 is 0 Å². The molecule has 3 rings (SSSR count). The fourth-order valence-electron chi connectivity index (χ4n) is 3.12. The summed E-state index contributed by atoms with van der Waals surface area (Å²) in [5.74, 6) is 0.641. The number of aromatic nitrogens is 1. The van der Waals surface area contributed by atoms with Crippen molar-refractivity contribution < 1.29 is 14.3 Å². The molecule has 132 valence electrons. The molecule has 0 unspecified atom stereocenters. The van der Waals surface area contributed by atoms with Crippen LogP contribution in [0.1, 0.15) is 22.4 Å². The zero-order chi connectivity index (χ0) is 18.0. The number of amides is 1. The van der Waals surface area contributed by atoms with Crippen molar-refractivity contribution in [2.24, 2.45) is 0 Å². The van der Waals surface area contributed by atoms with E-state index in [2.05, 4.69) is 17.2 Å². The number of aryl methyl sites for hydroxylation is 2. The number of rotatable bonds is 5. The highest BCUT2D eigenvalue weighted by Crippen LogP contribution is 2.30. The van der Waals surface area contributed by atoms with Crippen molar-refractivity contribution in [2.75, 3.05) is 30.5 Å². The maximum atomic E-state index is 11.8. The molecule has 25 heavy (non-hydrogen) atoms. The van der Waals surface area contributed by atoms with Crippen molar-refractivity contribution in [3.05, 3.63) is 46.6 Å². The van der Waals surface area contributed by atoms with Gasteiger partial charge in [-0.05, 0) is 50.1 Å². The highest BCUT2D eigenvalue weighted by molar-refractivity contribution is 5.91. The Morgan fingerprint density at radius 3 is 2.80 bits per heavy atom. The molecule has 6 heteroatoms. The van der Waals surface area contributed by atoms with Crippen LogP contribution >= 0.6 is 0 Å². The van der Waals surface area contributed by atoms with E-state index in [0.717, 1.165) is 33.8 Å². The molecular formula is C19H23N3O3. The van der Waals surface area contributed by atoms with E-state index >= 15 is 0 Å². The first kappa shape index (κ1) is 17.1. The third-order valence-corrected chi connectivity index (χ3v) is 4.44. The van der Waals surface area contributed by atoms with Gasteiger partial charge in [-0.3, -0.25) is 4.90 Å². The van der Waals surface area contributed by atoms with Crippen LogP contribution in [0.2, 0.25) is 0 Å². The lowest BCUT2D eigenvalue weighted by atomic mass is 10.1. The Bertz CT molecular complexity index is 805. The van der Waals surface area contributed by atoms with Crippen LogP contribution in [0.5, 0.6) is 5.88 Å². The summed E-state index contributed by atoms with van der Waals surface area (Å²) in [5.41, 5.74) is 5.95. The first-order valence-corrected chi connectivity index (χ1v) is 8.30. The predicted octanol–water partition coefficient (Wildman–Crippen LogP) is 3.58. The van der Waals surface area contributed by atoms with E-state index in [1.54, 1.807) is 12.0 Å². The van der Waals surface area contributed by atoms with E-state index in [1.807, 2.05) is 38.1 Å². The Morgan fingerprint density at radius 1 is 1.32 bits per heavy atom. The number of hydrogen-bond donors (Lipinski definition) is 1. The monoisotopic (exact) mass is 341 g/mol. The second-order valence-corrected chi connectivity index (χ2v) is 6.14. The molecule has 1 N–H and O–H groups in total. The van der Waals surface area contributed by atoms with Crippen molar-refractivity contribution >= 4 is 17.5 Å². The standard InChI is InChI=1S/C19H23N3O3/c1-12-10-13(2)21-18(24-4)15(12)11-20-16-6-5-7-17(14(16)3)22-8-9-25-19(22)23/h5-7,10,20H,8-9,11H2,1-4H3. The molecule has 0 saturated carbocycles. The maximum Gasteiger partial charge on any atom is 0.414 e. The van der Waals surface area contributed by atoms with E-state index in [1.165, 1.54) is 0 Å². The molecule has 1 fully saturated rings. The molecule has 1 aromatic carbocycles. The van der Waals surface area contributed by atoms with Gasteiger partial charge in [0.2, 0.25) is 5.88 Å². The highest BCUT2D eigenvalue weighted by Gasteiger charge is 2.25. The van der Waals surface area contributed by atoms with Gasteiger partial charge in [0.15, 0.2) is 0 Å². The van der Waals surface area contributed by atoms with Crippen molar-refractivity contribution in [3.8, 4) is 5.88 Å². The van der Waals surface area contributed by atoms with Crippen LogP contribution in [0.15, 0.2) is 24.3 Å². The van der Waals surface area contributed by atoms with Gasteiger partial charge < -0.3 is 14.8 Å². The number of carbonyl (C=O) groups is 1. The summed E-state index contributed by atoms with van der Waals surface area (Å²) in [4.78, 5) is 17.9. The quantitative estimate of drug-likeness (QED) is 0.900. The number of nitrogens with one attached hydrogen (secondary N) is 1. The van der Waals surface area contributed by atoms with Gasteiger partial charge in [-0.1, -0.05) is 6.07 Å². The van der Waals surface area contributed by atoms with Gasteiger partial charge in [-0.15, -0.1) is 0 Å². The van der Waals surface area contributed by atoms with Crippen molar-refractivity contribution in [1.82, 2.24) is 4.98 Å². The van der Waals surface area contributed by atoms with Gasteiger partial charge >= 0.3 is 6.09 Å². The Morgan fingerprint density at radius 2 is 2.12 bits per heavy atom. The molecule has 1 amide bonds. The highest BCUT2D eigenvalue weighted by atomic mass is 16.6. The largest absolute Gasteiger partial charge is 0.481 e. The van der Waals surface area contributed by atoms with Gasteiger partial charge in [-0.2, -0.15) is 0 Å². The van der Waals surface area contributed by atoms with Crippen molar-refractivity contribution in [2.45, 2.75) is 27.3 Å². The smallest absolute Gasteiger partial charge is 0.414 e. The minimum atomic E-state index is -0.291. The number of methoxy groups -OCH3 is 1. The number of cyclic esters (lactones) is 1. The van der Waals surface area contributed by atoms with Crippen LogP contribution in [-0.4, -0.2) is 31.3 Å². The molecule has 2 heterocycles. The fraction of sp³-hybridized carbons (Fsp3) is 0.368. The van der Waals surface area contributed by atoms with Crippen LogP contribution in [-0.2, 0) is 11.3 Å². The summed E-state index contributed by atoms with van der Waals surface area (Å²) in [6.45, 7) is 7.62. The van der Waals surface area contributed by atoms with Gasteiger partial charge in [0.05, 0.1) is 19.3 Å². The minimum Gasteiger partial charge on any atom is -0.481 e. The lowest BCUT2D eigenvalue weighted by molar-refractivity contribution is 0.181. The molecule has 0 aliphatic carbocycles. The Balaban J connectivity index is 1.84. The number of pyridine rings is 1. The molecule has 1 saturated heterocycles. The second-order valence-electron chi connectivity index (χ2n) is 6.14. The Kier molecular flexibility index (Phi) is 4.79. The molecule has 0 radical (unpaired) electrons. The third-order valence-electron chi connectivity index (χ3n) is 4.44. The topological polar surface area (TPSA) is 63.7 Å². The minimum absolute atomic E-state index is 0.291. The zero-order valence-electron chi connectivity index (χ0n) is 15.0. The number of hydrogen-bond acceptors (Lipinski definition) is 5. The van der Waals surface area contributed by atoms with Gasteiger partial charge in [0.1, 0.15) is 6.61 Å². The van der Waals surface area contributed by atoms with Gasteiger partial charge in [-0.25, -0.2) is 9.78 Å². The molecule has 1 aliphatic rings. The summed E-state index contributed by atoms with van der Waals surface area (Å²) in [7, 11) is 1.63. The van der Waals surface area contributed by atoms with E-state index in [9.17, 15) is 4.79 Å². The van der Waals surface area contributed by atoms with Gasteiger partial charge in [0, 0.05) is 23.5 Å². The molecule has 2 aromatic rings. The zero-order valence-corrected chi connectivity index (χ0v) is 15.0. The summed E-state index contributed by atoms with van der Waals surface area (Å²) in [6, 6.07) is 7.92. The number of anilines is 2. The van der Waals surface area contributed by atoms with Crippen LogP contribution in [0.25, 0.3) is 0 Å². The van der Waals surface area contributed by atoms with Crippen LogP contribution in [0.4, 0.5) is 16.2 Å². The maximum absolute atomic E-state index is 11.8. The third kappa shape index (κ3) is 3.38. The van der Waals surface area contributed by atoms with Gasteiger partial charge in [0.25, 0.3) is 0 Å². The molecular weight excluding hydrogens is 318 g/mol. The first-order valence-electron chi connectivity index (χ1n) is 8.30. The molecule has 6 nitrogen and oxygen atoms in total. The molecule has 0 bridgehead atoms. The van der Waals surface area contributed by atoms with Crippen LogP contribution in [0, 0.1) is 20.8 Å². The van der Waals surface area contributed by atoms with Crippen LogP contribution < -0.4 is 15.0 Å². The summed E-state index contributed by atoms with van der Waals surface area (Å²) in [6.07, 6.45) is -0.291. The summed E-state index contributed by atoms with van der Waals surface area (Å²) < 4.78 is 10.5. The summed E-state index contributed by atoms with van der Waals surface area (Å²) >= 11 is 0. The fourth-order valence-corrected chi connectivity index (χ4v) is 3.12. The number of nitrogens with zero attached hydrogens (tertiary/aromatic N) is 2. The molecule has 1 aliphatic heterocycles. The lowest BCUT2D eigenvalue weighted by Crippen LogP contribution is -2.24. The predicted molar refractivity (Wildman–Crippen MR) is 97.5 cm³/mol. The van der Waals surface area contributed by atoms with E-state index in [0.29, 0.717) is 25.6 Å². The number of benzene rings is 1. The van der Waals surface area contributed by atoms with Crippen LogP contribution in [0.3, 0.4) is 0 Å². The Labute approximate surface area is 147 Å². The van der Waals surface area contributed by atoms with Crippen molar-refractivity contribution in [3.63, 3.8) is 0 Å². The molecule has 0 atom stereocenters. The van der Waals surface area contributed by atoms with Crippen molar-refractivity contribution in [1.29, 1.82) is 0 Å².